The molecule has 0 aliphatic rings. The average molecular weight is 299 g/mol. The predicted molar refractivity (Wildman–Crippen MR) is 58.4 cm³/mol. The van der Waals surface area contributed by atoms with Gasteiger partial charge >= 0.3 is 5.31 Å². The highest BCUT2D eigenvalue weighted by Crippen LogP contribution is 2.23. The van der Waals surface area contributed by atoms with Crippen LogP contribution in [0.1, 0.15) is 0 Å². The van der Waals surface area contributed by atoms with Crippen LogP contribution in [0.3, 0.4) is 0 Å². The standard InChI is InChI=1S/C2H6Cl2Si.Cl4Si/c2*1-5(2,3)4/h1-2H3;. The van der Waals surface area contributed by atoms with E-state index in [1.807, 2.05) is 13.1 Å². The predicted octanol–water partition coefficient (Wildman–Crippen LogP) is 4.54. The van der Waals surface area contributed by atoms with Crippen molar-refractivity contribution in [1.82, 2.24) is 0 Å². The number of rotatable bonds is 0. The van der Waals surface area contributed by atoms with Gasteiger partial charge in [-0.15, -0.1) is 66.5 Å². The van der Waals surface area contributed by atoms with Gasteiger partial charge in [-0.25, -0.2) is 0 Å². The second kappa shape index (κ2) is 5.76. The van der Waals surface area contributed by atoms with E-state index in [4.69, 9.17) is 66.5 Å². The summed E-state index contributed by atoms with van der Waals surface area (Å²) >= 11 is 30.7. The van der Waals surface area contributed by atoms with Gasteiger partial charge in [-0.3, -0.25) is 0 Å². The minimum absolute atomic E-state index is 1.67. The van der Waals surface area contributed by atoms with Crippen molar-refractivity contribution < 1.29 is 0 Å². The van der Waals surface area contributed by atoms with Gasteiger partial charge < -0.3 is 0 Å². The van der Waals surface area contributed by atoms with E-state index in [9.17, 15) is 0 Å². The van der Waals surface area contributed by atoms with Crippen molar-refractivity contribution in [1.29, 1.82) is 0 Å². The van der Waals surface area contributed by atoms with Crippen LogP contribution in [0.5, 0.6) is 0 Å². The van der Waals surface area contributed by atoms with Gasteiger partial charge in [0.1, 0.15) is 0 Å². The molecule has 0 radical (unpaired) electrons. The maximum Gasteiger partial charge on any atom is 0.440 e. The maximum absolute atomic E-state index is 5.43. The monoisotopic (exact) mass is 296 g/mol. The molecule has 0 fully saturated rings. The van der Waals surface area contributed by atoms with E-state index in [2.05, 4.69) is 0 Å². The smallest absolute Gasteiger partial charge is 0.146 e. The topological polar surface area (TPSA) is 0 Å². The zero-order valence-corrected chi connectivity index (χ0v) is 11.8. The average Bonchev–Trinajstić information content (AvgIpc) is 1.12. The Morgan fingerprint density at radius 1 is 0.700 bits per heavy atom. The van der Waals surface area contributed by atoms with Crippen LogP contribution in [0, 0.1) is 0 Å². The molecule has 0 saturated heterocycles. The van der Waals surface area contributed by atoms with Crippen molar-refractivity contribution in [2.75, 3.05) is 0 Å². The van der Waals surface area contributed by atoms with Gasteiger partial charge in [0.05, 0.1) is 0 Å². The Bertz CT molecular complexity index is 56.7. The molecular formula is C2H6Cl6Si2. The Labute approximate surface area is 90.9 Å². The highest BCUT2D eigenvalue weighted by molar-refractivity contribution is 7.81. The van der Waals surface area contributed by atoms with E-state index < -0.39 is 12.0 Å². The van der Waals surface area contributed by atoms with Crippen molar-refractivity contribution in [2.24, 2.45) is 0 Å². The molecule has 0 aromatic rings. The zero-order chi connectivity index (χ0) is 9.00. The molecule has 0 N–H and O–H groups in total. The fourth-order valence-electron chi connectivity index (χ4n) is 0. The van der Waals surface area contributed by atoms with E-state index in [0.29, 0.717) is 0 Å². The molecule has 0 nitrogen and oxygen atoms in total. The van der Waals surface area contributed by atoms with Crippen LogP contribution >= 0.6 is 66.5 Å². The van der Waals surface area contributed by atoms with E-state index >= 15 is 0 Å². The van der Waals surface area contributed by atoms with Gasteiger partial charge in [0.15, 0.2) is 0 Å². The van der Waals surface area contributed by atoms with Crippen molar-refractivity contribution in [2.45, 2.75) is 13.1 Å². The number of hydrogen-bond donors (Lipinski definition) is 0. The molecule has 0 heterocycles. The SMILES string of the molecule is C[Si](C)(Cl)Cl.Cl[Si](Cl)(Cl)Cl. The second-order valence-electron chi connectivity index (χ2n) is 1.76. The van der Waals surface area contributed by atoms with Crippen LogP contribution in [0.4, 0.5) is 0 Å². The summed E-state index contributed by atoms with van der Waals surface area (Å²) in [5.74, 6) is 0. The summed E-state index contributed by atoms with van der Waals surface area (Å²) in [7, 11) is 0. The van der Waals surface area contributed by atoms with E-state index in [1.54, 1.807) is 0 Å². The Morgan fingerprint density at radius 2 is 0.700 bits per heavy atom. The van der Waals surface area contributed by atoms with Crippen LogP contribution in [-0.4, -0.2) is 12.0 Å². The largest absolute Gasteiger partial charge is 0.440 e. The third kappa shape index (κ3) is 181. The molecule has 0 aliphatic heterocycles. The van der Waals surface area contributed by atoms with Crippen molar-refractivity contribution in [3.63, 3.8) is 0 Å². The zero-order valence-electron chi connectivity index (χ0n) is 5.27. The van der Waals surface area contributed by atoms with E-state index in [0.717, 1.165) is 0 Å². The van der Waals surface area contributed by atoms with Gasteiger partial charge in [-0.05, 0) is 13.1 Å². The quantitative estimate of drug-likeness (QED) is 0.455. The molecular weight excluding hydrogens is 293 g/mol. The van der Waals surface area contributed by atoms with Crippen molar-refractivity contribution in [3.8, 4) is 0 Å². The third-order valence-corrected chi connectivity index (χ3v) is 0. The van der Waals surface area contributed by atoms with Gasteiger partial charge in [-0.2, -0.15) is 0 Å². The molecule has 0 saturated carbocycles. The molecule has 0 aliphatic carbocycles. The lowest BCUT2D eigenvalue weighted by Gasteiger charge is -1.93. The normalized spacial score (nSPS) is 12.0. The minimum atomic E-state index is -2.72. The lowest BCUT2D eigenvalue weighted by atomic mass is 11.9. The van der Waals surface area contributed by atoms with Crippen LogP contribution in [0.25, 0.3) is 0 Å². The van der Waals surface area contributed by atoms with Gasteiger partial charge in [0.25, 0.3) is 0 Å². The van der Waals surface area contributed by atoms with Crippen molar-refractivity contribution >= 4 is 78.5 Å². The fraction of sp³-hybridized carbons (Fsp3) is 1.00. The highest BCUT2D eigenvalue weighted by Gasteiger charge is 2.19. The first-order valence-electron chi connectivity index (χ1n) is 2.13. The number of halogens is 6. The third-order valence-electron chi connectivity index (χ3n) is 0. The number of hydrogen-bond acceptors (Lipinski definition) is 0. The molecule has 8 heteroatoms. The van der Waals surface area contributed by atoms with E-state index in [1.165, 1.54) is 0 Å². The van der Waals surface area contributed by atoms with Crippen LogP contribution in [0.15, 0.2) is 0 Å². The van der Waals surface area contributed by atoms with Crippen molar-refractivity contribution in [3.05, 3.63) is 0 Å². The summed E-state index contributed by atoms with van der Waals surface area (Å²) < 4.78 is 0. The first-order valence-corrected chi connectivity index (χ1v) is 13.2. The first-order chi connectivity index (χ1) is 4.00. The summed E-state index contributed by atoms with van der Waals surface area (Å²) in [6.07, 6.45) is 0. The van der Waals surface area contributed by atoms with Crippen LogP contribution in [0.2, 0.25) is 13.1 Å². The molecule has 64 valence electrons. The Hall–Kier alpha value is 2.17. The van der Waals surface area contributed by atoms with Gasteiger partial charge in [-0.1, -0.05) is 0 Å². The Morgan fingerprint density at radius 3 is 0.700 bits per heavy atom. The lowest BCUT2D eigenvalue weighted by Crippen LogP contribution is -2.02. The Balaban J connectivity index is 0. The lowest BCUT2D eigenvalue weighted by molar-refractivity contribution is 2.06. The second-order valence-corrected chi connectivity index (χ2v) is 21.8. The van der Waals surface area contributed by atoms with E-state index in [-0.39, 0.29) is 0 Å². The molecule has 0 atom stereocenters. The molecule has 0 rings (SSSR count). The first kappa shape index (κ1) is 14.7. The fourth-order valence-corrected chi connectivity index (χ4v) is 0. The maximum atomic E-state index is 5.43. The molecule has 0 aromatic heterocycles. The molecule has 10 heavy (non-hydrogen) atoms. The summed E-state index contributed by atoms with van der Waals surface area (Å²) in [5, 5.41) is -2.72. The van der Waals surface area contributed by atoms with Crippen LogP contribution in [-0.2, 0) is 0 Å². The molecule has 0 amide bonds. The highest BCUT2D eigenvalue weighted by atomic mass is 36.0. The molecule has 0 bridgehead atoms. The summed E-state index contributed by atoms with van der Waals surface area (Å²) in [4.78, 5) is 0. The Kier molecular flexibility index (Phi) is 8.45. The van der Waals surface area contributed by atoms with Gasteiger partial charge in [0, 0.05) is 0 Å². The molecule has 0 aromatic carbocycles. The summed E-state index contributed by atoms with van der Waals surface area (Å²) in [6.45, 7) is 2.05. The van der Waals surface area contributed by atoms with Crippen LogP contribution < -0.4 is 0 Å². The van der Waals surface area contributed by atoms with Gasteiger partial charge in [0.2, 0.25) is 6.69 Å². The summed E-state index contributed by atoms with van der Waals surface area (Å²) in [6, 6.07) is 0. The minimum Gasteiger partial charge on any atom is -0.146 e. The molecule has 0 spiro atoms. The summed E-state index contributed by atoms with van der Waals surface area (Å²) in [5.41, 5.74) is 0. The molecule has 0 unspecified atom stereocenters.